The van der Waals surface area contributed by atoms with Gasteiger partial charge in [0.1, 0.15) is 0 Å². The second kappa shape index (κ2) is 4.57. The summed E-state index contributed by atoms with van der Waals surface area (Å²) in [5.74, 6) is -1.27. The lowest BCUT2D eigenvalue weighted by atomic mass is 9.99. The average Bonchev–Trinajstić information content (AvgIpc) is 2.15. The van der Waals surface area contributed by atoms with E-state index in [-0.39, 0.29) is 18.9 Å². The lowest BCUT2D eigenvalue weighted by Crippen LogP contribution is -2.10. The monoisotopic (exact) mass is 181 g/mol. The van der Waals surface area contributed by atoms with Gasteiger partial charge < -0.3 is 10.2 Å². The number of aromatic nitrogens is 1. The van der Waals surface area contributed by atoms with Gasteiger partial charge in [-0.05, 0) is 11.6 Å². The number of nitrogens with zero attached hydrogens (tertiary/aromatic N) is 1. The van der Waals surface area contributed by atoms with E-state index in [2.05, 4.69) is 4.98 Å². The van der Waals surface area contributed by atoms with Crippen molar-refractivity contribution in [1.82, 2.24) is 4.98 Å². The number of aliphatic hydroxyl groups is 1. The Hall–Kier alpha value is -1.42. The van der Waals surface area contributed by atoms with E-state index in [1.54, 1.807) is 24.5 Å². The predicted octanol–water partition coefficient (Wildman–Crippen LogP) is 0.632. The molecule has 1 aromatic rings. The van der Waals surface area contributed by atoms with Crippen LogP contribution in [0, 0.1) is 0 Å². The Balaban J connectivity index is 2.73. The van der Waals surface area contributed by atoms with Crippen LogP contribution in [0.1, 0.15) is 17.9 Å². The van der Waals surface area contributed by atoms with Gasteiger partial charge in [0.2, 0.25) is 0 Å². The molecule has 0 fully saturated rings. The molecule has 0 amide bonds. The van der Waals surface area contributed by atoms with Crippen LogP contribution >= 0.6 is 0 Å². The minimum Gasteiger partial charge on any atom is -0.481 e. The van der Waals surface area contributed by atoms with E-state index < -0.39 is 5.97 Å². The summed E-state index contributed by atoms with van der Waals surface area (Å²) in [7, 11) is 0. The molecular formula is C9H11NO3. The van der Waals surface area contributed by atoms with Gasteiger partial charge in [-0.25, -0.2) is 0 Å². The quantitative estimate of drug-likeness (QED) is 0.714. The number of rotatable bonds is 4. The minimum atomic E-state index is -0.914. The van der Waals surface area contributed by atoms with Gasteiger partial charge in [-0.1, -0.05) is 6.07 Å². The molecule has 2 N–H and O–H groups in total. The third-order valence-electron chi connectivity index (χ3n) is 1.80. The largest absolute Gasteiger partial charge is 0.481 e. The lowest BCUT2D eigenvalue weighted by Gasteiger charge is -2.10. The Kier molecular flexibility index (Phi) is 3.40. The van der Waals surface area contributed by atoms with Gasteiger partial charge in [0, 0.05) is 18.3 Å². The summed E-state index contributed by atoms with van der Waals surface area (Å²) in [4.78, 5) is 14.3. The fourth-order valence-electron chi connectivity index (χ4n) is 1.12. The normalized spacial score (nSPS) is 12.4. The summed E-state index contributed by atoms with van der Waals surface area (Å²) in [6, 6.07) is 3.48. The van der Waals surface area contributed by atoms with Crippen molar-refractivity contribution in [2.24, 2.45) is 0 Å². The zero-order valence-corrected chi connectivity index (χ0v) is 7.05. The maximum atomic E-state index is 10.4. The maximum Gasteiger partial charge on any atom is 0.304 e. The fraction of sp³-hybridized carbons (Fsp3) is 0.333. The van der Waals surface area contributed by atoms with E-state index in [1.165, 1.54) is 0 Å². The smallest absolute Gasteiger partial charge is 0.304 e. The number of aliphatic carboxylic acids is 1. The summed E-state index contributed by atoms with van der Waals surface area (Å²) >= 11 is 0. The van der Waals surface area contributed by atoms with Crippen LogP contribution in [-0.4, -0.2) is 27.8 Å². The van der Waals surface area contributed by atoms with Crippen molar-refractivity contribution in [1.29, 1.82) is 0 Å². The first kappa shape index (κ1) is 9.67. The van der Waals surface area contributed by atoms with Crippen LogP contribution in [0.5, 0.6) is 0 Å². The number of aliphatic hydroxyl groups excluding tert-OH is 1. The molecule has 0 aliphatic heterocycles. The summed E-state index contributed by atoms with van der Waals surface area (Å²) in [6.45, 7) is -0.169. The van der Waals surface area contributed by atoms with Crippen LogP contribution < -0.4 is 0 Å². The highest BCUT2D eigenvalue weighted by Gasteiger charge is 2.13. The molecule has 0 saturated carbocycles. The van der Waals surface area contributed by atoms with Gasteiger partial charge in [-0.2, -0.15) is 0 Å². The van der Waals surface area contributed by atoms with Crippen molar-refractivity contribution in [2.75, 3.05) is 6.61 Å². The summed E-state index contributed by atoms with van der Waals surface area (Å²) < 4.78 is 0. The Morgan fingerprint density at radius 3 is 2.85 bits per heavy atom. The molecule has 1 rings (SSSR count). The highest BCUT2D eigenvalue weighted by Crippen LogP contribution is 2.17. The third-order valence-corrected chi connectivity index (χ3v) is 1.80. The van der Waals surface area contributed by atoms with Crippen molar-refractivity contribution in [2.45, 2.75) is 12.3 Å². The molecule has 70 valence electrons. The van der Waals surface area contributed by atoms with E-state index in [9.17, 15) is 4.79 Å². The Morgan fingerprint density at radius 2 is 2.38 bits per heavy atom. The Morgan fingerprint density at radius 1 is 1.62 bits per heavy atom. The van der Waals surface area contributed by atoms with E-state index in [0.717, 1.165) is 5.56 Å². The number of hydrogen-bond acceptors (Lipinski definition) is 3. The van der Waals surface area contributed by atoms with Crippen molar-refractivity contribution < 1.29 is 15.0 Å². The van der Waals surface area contributed by atoms with Crippen molar-refractivity contribution in [3.05, 3.63) is 30.1 Å². The Labute approximate surface area is 75.9 Å². The van der Waals surface area contributed by atoms with Gasteiger partial charge in [0.25, 0.3) is 0 Å². The van der Waals surface area contributed by atoms with E-state index in [1.807, 2.05) is 0 Å². The molecule has 0 aliphatic carbocycles. The maximum absolute atomic E-state index is 10.4. The van der Waals surface area contributed by atoms with E-state index in [4.69, 9.17) is 10.2 Å². The van der Waals surface area contributed by atoms with Crippen LogP contribution in [0.3, 0.4) is 0 Å². The number of carboxylic acid groups (broad SMARTS) is 1. The zero-order valence-electron chi connectivity index (χ0n) is 7.05. The number of carboxylic acids is 1. The number of carbonyl (C=O) groups is 1. The second-order valence-electron chi connectivity index (χ2n) is 2.76. The van der Waals surface area contributed by atoms with Crippen LogP contribution in [0.4, 0.5) is 0 Å². The Bertz CT molecular complexity index is 273. The van der Waals surface area contributed by atoms with E-state index in [0.29, 0.717) is 0 Å². The van der Waals surface area contributed by atoms with Gasteiger partial charge in [0.15, 0.2) is 0 Å². The first-order valence-electron chi connectivity index (χ1n) is 3.96. The van der Waals surface area contributed by atoms with Gasteiger partial charge in [-0.3, -0.25) is 9.78 Å². The molecule has 13 heavy (non-hydrogen) atoms. The summed E-state index contributed by atoms with van der Waals surface area (Å²) in [5.41, 5.74) is 0.757. The molecule has 1 unspecified atom stereocenters. The molecule has 0 spiro atoms. The number of hydrogen-bond donors (Lipinski definition) is 2. The van der Waals surface area contributed by atoms with Crippen LogP contribution in [0.2, 0.25) is 0 Å². The lowest BCUT2D eigenvalue weighted by molar-refractivity contribution is -0.137. The van der Waals surface area contributed by atoms with Crippen LogP contribution in [-0.2, 0) is 4.79 Å². The molecule has 0 aliphatic rings. The number of pyridine rings is 1. The molecule has 0 aromatic carbocycles. The van der Waals surface area contributed by atoms with Crippen LogP contribution in [0.25, 0.3) is 0 Å². The summed E-state index contributed by atoms with van der Waals surface area (Å²) in [6.07, 6.45) is 3.12. The summed E-state index contributed by atoms with van der Waals surface area (Å²) in [5, 5.41) is 17.5. The molecule has 4 nitrogen and oxygen atoms in total. The SMILES string of the molecule is O=C(O)CC(CO)c1cccnc1. The average molecular weight is 181 g/mol. The van der Waals surface area contributed by atoms with Gasteiger partial charge in [0.05, 0.1) is 13.0 Å². The first-order valence-corrected chi connectivity index (χ1v) is 3.96. The van der Waals surface area contributed by atoms with Crippen LogP contribution in [0.15, 0.2) is 24.5 Å². The third kappa shape index (κ3) is 2.83. The highest BCUT2D eigenvalue weighted by molar-refractivity contribution is 5.68. The van der Waals surface area contributed by atoms with Gasteiger partial charge >= 0.3 is 5.97 Å². The second-order valence-corrected chi connectivity index (χ2v) is 2.76. The van der Waals surface area contributed by atoms with Crippen molar-refractivity contribution in [3.8, 4) is 0 Å². The highest BCUT2D eigenvalue weighted by atomic mass is 16.4. The first-order chi connectivity index (χ1) is 6.24. The molecule has 0 radical (unpaired) electrons. The fourth-order valence-corrected chi connectivity index (χ4v) is 1.12. The molecule has 0 bridgehead atoms. The van der Waals surface area contributed by atoms with Crippen molar-refractivity contribution in [3.63, 3.8) is 0 Å². The molecule has 1 heterocycles. The zero-order chi connectivity index (χ0) is 9.68. The predicted molar refractivity (Wildman–Crippen MR) is 46.3 cm³/mol. The minimum absolute atomic E-state index is 0.0673. The molecule has 1 atom stereocenters. The van der Waals surface area contributed by atoms with Gasteiger partial charge in [-0.15, -0.1) is 0 Å². The molecule has 4 heteroatoms. The topological polar surface area (TPSA) is 70.4 Å². The standard InChI is InChI=1S/C9H11NO3/c11-6-8(4-9(12)13)7-2-1-3-10-5-7/h1-3,5,8,11H,4,6H2,(H,12,13). The van der Waals surface area contributed by atoms with Crippen molar-refractivity contribution >= 4 is 5.97 Å². The molecule has 0 saturated heterocycles. The molecular weight excluding hydrogens is 170 g/mol. The molecule has 1 aromatic heterocycles. The van der Waals surface area contributed by atoms with E-state index >= 15 is 0 Å².